The van der Waals surface area contributed by atoms with Gasteiger partial charge in [0.15, 0.2) is 0 Å². The second-order valence-corrected chi connectivity index (χ2v) is 9.62. The van der Waals surface area contributed by atoms with Crippen molar-refractivity contribution in [2.75, 3.05) is 18.0 Å². The van der Waals surface area contributed by atoms with Crippen molar-refractivity contribution in [2.45, 2.75) is 58.2 Å². The maximum absolute atomic E-state index is 12.7. The average molecular weight is 456 g/mol. The number of nitriles is 1. The van der Waals surface area contributed by atoms with Crippen molar-refractivity contribution < 1.29 is 14.3 Å². The van der Waals surface area contributed by atoms with E-state index in [4.69, 9.17) is 4.74 Å². The second kappa shape index (κ2) is 10.0. The van der Waals surface area contributed by atoms with Crippen LogP contribution in [0.5, 0.6) is 0 Å². The van der Waals surface area contributed by atoms with Gasteiger partial charge in [0.1, 0.15) is 22.7 Å². The second-order valence-electron chi connectivity index (χ2n) is 8.73. The Morgan fingerprint density at radius 2 is 2.19 bits per heavy atom. The third-order valence-electron chi connectivity index (χ3n) is 5.09. The highest BCUT2D eigenvalue weighted by molar-refractivity contribution is 7.13. The van der Waals surface area contributed by atoms with Gasteiger partial charge in [-0.05, 0) is 51.8 Å². The lowest BCUT2D eigenvalue weighted by Gasteiger charge is -2.24. The van der Waals surface area contributed by atoms with Crippen molar-refractivity contribution in [3.05, 3.63) is 35.3 Å². The summed E-state index contributed by atoms with van der Waals surface area (Å²) in [6.45, 7) is 8.50. The number of hydrogen-bond acceptors (Lipinski definition) is 7. The molecule has 170 valence electrons. The summed E-state index contributed by atoms with van der Waals surface area (Å²) < 4.78 is 5.25. The summed E-state index contributed by atoms with van der Waals surface area (Å²) in [5.74, 6) is -0.232. The van der Waals surface area contributed by atoms with Crippen molar-refractivity contribution in [3.8, 4) is 16.6 Å². The van der Waals surface area contributed by atoms with E-state index < -0.39 is 17.7 Å². The smallest absolute Gasteiger partial charge is 0.408 e. The highest BCUT2D eigenvalue weighted by atomic mass is 32.1. The molecular weight excluding hydrogens is 426 g/mol. The summed E-state index contributed by atoms with van der Waals surface area (Å²) in [4.78, 5) is 31.2. The molecule has 2 unspecified atom stereocenters. The lowest BCUT2D eigenvalue weighted by Crippen LogP contribution is -2.50. The Labute approximate surface area is 192 Å². The van der Waals surface area contributed by atoms with Crippen LogP contribution in [0.4, 0.5) is 10.5 Å². The molecule has 1 aromatic carbocycles. The minimum absolute atomic E-state index is 0.0674. The number of alkyl carbamates (subject to hydrolysis) is 1. The molecule has 0 saturated carbocycles. The number of carbonyl (C=O) groups is 2. The standard InChI is InChI=1S/C23H29N5O3S/c1-5-18(27-22(30)31-23(2,3)4)20(29)26-17-8-10-28(14-17)19-7-6-15(12-16(19)13-24)21-25-9-11-32-21/h6-7,9,11-12,17-18H,5,8,10,14H2,1-4H3,(H,26,29)(H,27,30). The number of anilines is 1. The summed E-state index contributed by atoms with van der Waals surface area (Å²) in [5.41, 5.74) is 1.73. The molecule has 0 spiro atoms. The minimum Gasteiger partial charge on any atom is -0.444 e. The van der Waals surface area contributed by atoms with E-state index in [0.29, 0.717) is 18.5 Å². The first-order valence-corrected chi connectivity index (χ1v) is 11.6. The number of carbonyl (C=O) groups excluding carboxylic acids is 2. The number of nitrogens with zero attached hydrogens (tertiary/aromatic N) is 3. The van der Waals surface area contributed by atoms with Crippen LogP contribution in [0.15, 0.2) is 29.8 Å². The molecule has 1 fully saturated rings. The van der Waals surface area contributed by atoms with E-state index in [2.05, 4.69) is 26.6 Å². The van der Waals surface area contributed by atoms with Crippen LogP contribution in [-0.4, -0.2) is 47.8 Å². The first-order valence-electron chi connectivity index (χ1n) is 10.7. The highest BCUT2D eigenvalue weighted by Crippen LogP contribution is 2.30. The van der Waals surface area contributed by atoms with Gasteiger partial charge < -0.3 is 20.3 Å². The third-order valence-corrected chi connectivity index (χ3v) is 5.91. The van der Waals surface area contributed by atoms with Gasteiger partial charge in [-0.1, -0.05) is 6.92 Å². The number of benzene rings is 1. The Hall–Kier alpha value is -3.12. The van der Waals surface area contributed by atoms with Gasteiger partial charge in [-0.15, -0.1) is 11.3 Å². The van der Waals surface area contributed by atoms with Gasteiger partial charge in [0.2, 0.25) is 5.91 Å². The summed E-state index contributed by atoms with van der Waals surface area (Å²) in [6.07, 6.45) is 2.35. The van der Waals surface area contributed by atoms with Gasteiger partial charge in [0.25, 0.3) is 0 Å². The van der Waals surface area contributed by atoms with Crippen molar-refractivity contribution in [2.24, 2.45) is 0 Å². The predicted molar refractivity (Wildman–Crippen MR) is 124 cm³/mol. The quantitative estimate of drug-likeness (QED) is 0.688. The number of nitrogens with one attached hydrogen (secondary N) is 2. The number of thiazole rings is 1. The third kappa shape index (κ3) is 5.98. The average Bonchev–Trinajstić information content (AvgIpc) is 3.42. The van der Waals surface area contributed by atoms with E-state index in [1.54, 1.807) is 27.0 Å². The molecule has 2 N–H and O–H groups in total. The van der Waals surface area contributed by atoms with E-state index in [9.17, 15) is 14.9 Å². The van der Waals surface area contributed by atoms with Crippen LogP contribution in [0, 0.1) is 11.3 Å². The minimum atomic E-state index is -0.661. The van der Waals surface area contributed by atoms with Gasteiger partial charge >= 0.3 is 6.09 Å². The van der Waals surface area contributed by atoms with E-state index in [1.807, 2.05) is 30.5 Å². The molecule has 2 amide bonds. The number of aromatic nitrogens is 1. The van der Waals surface area contributed by atoms with E-state index in [-0.39, 0.29) is 11.9 Å². The molecule has 1 aliphatic heterocycles. The fraction of sp³-hybridized carbons (Fsp3) is 0.478. The van der Waals surface area contributed by atoms with Gasteiger partial charge in [-0.25, -0.2) is 9.78 Å². The molecule has 1 saturated heterocycles. The predicted octanol–water partition coefficient (Wildman–Crippen LogP) is 3.68. The fourth-order valence-corrected chi connectivity index (χ4v) is 4.24. The lowest BCUT2D eigenvalue weighted by molar-refractivity contribution is -0.123. The summed E-state index contributed by atoms with van der Waals surface area (Å²) in [5, 5.41) is 18.1. The zero-order valence-electron chi connectivity index (χ0n) is 18.8. The highest BCUT2D eigenvalue weighted by Gasteiger charge is 2.29. The van der Waals surface area contributed by atoms with Crippen LogP contribution in [0.3, 0.4) is 0 Å². The molecule has 0 aliphatic carbocycles. The SMILES string of the molecule is CCC(NC(=O)OC(C)(C)C)C(=O)NC1CCN(c2ccc(-c3nccs3)cc2C#N)C1. The normalized spacial score (nSPS) is 16.8. The Morgan fingerprint density at radius 1 is 1.41 bits per heavy atom. The molecule has 2 aromatic rings. The van der Waals surface area contributed by atoms with Crippen molar-refractivity contribution in [3.63, 3.8) is 0 Å². The van der Waals surface area contributed by atoms with Crippen LogP contribution in [-0.2, 0) is 9.53 Å². The van der Waals surface area contributed by atoms with Gasteiger partial charge in [-0.2, -0.15) is 5.26 Å². The molecule has 8 nitrogen and oxygen atoms in total. The molecule has 32 heavy (non-hydrogen) atoms. The molecule has 2 heterocycles. The van der Waals surface area contributed by atoms with E-state index in [1.165, 1.54) is 11.3 Å². The number of hydrogen-bond donors (Lipinski definition) is 2. The molecule has 2 atom stereocenters. The fourth-order valence-electron chi connectivity index (χ4n) is 3.60. The topological polar surface area (TPSA) is 107 Å². The van der Waals surface area contributed by atoms with Crippen LogP contribution >= 0.6 is 11.3 Å². The maximum atomic E-state index is 12.7. The zero-order valence-corrected chi connectivity index (χ0v) is 19.7. The lowest BCUT2D eigenvalue weighted by atomic mass is 10.1. The number of ether oxygens (including phenoxy) is 1. The number of amides is 2. The first-order chi connectivity index (χ1) is 15.2. The largest absolute Gasteiger partial charge is 0.444 e. The van der Waals surface area contributed by atoms with Crippen LogP contribution in [0.2, 0.25) is 0 Å². The Morgan fingerprint density at radius 3 is 2.81 bits per heavy atom. The molecule has 0 bridgehead atoms. The maximum Gasteiger partial charge on any atom is 0.408 e. The van der Waals surface area contributed by atoms with Crippen LogP contribution in [0.25, 0.3) is 10.6 Å². The van der Waals surface area contributed by atoms with Crippen molar-refractivity contribution >= 4 is 29.0 Å². The molecule has 1 aromatic heterocycles. The van der Waals surface area contributed by atoms with Gasteiger partial charge in [0, 0.05) is 36.3 Å². The molecule has 3 rings (SSSR count). The number of rotatable bonds is 6. The van der Waals surface area contributed by atoms with E-state index in [0.717, 1.165) is 29.2 Å². The Balaban J connectivity index is 1.61. The zero-order chi connectivity index (χ0) is 23.3. The molecule has 1 aliphatic rings. The summed E-state index contributed by atoms with van der Waals surface area (Å²) in [6, 6.07) is 7.33. The van der Waals surface area contributed by atoms with Crippen LogP contribution in [0.1, 0.15) is 46.1 Å². The van der Waals surface area contributed by atoms with Gasteiger partial charge in [-0.3, -0.25) is 4.79 Å². The molecule has 0 radical (unpaired) electrons. The first kappa shape index (κ1) is 23.5. The monoisotopic (exact) mass is 455 g/mol. The van der Waals surface area contributed by atoms with Crippen molar-refractivity contribution in [1.29, 1.82) is 5.26 Å². The summed E-state index contributed by atoms with van der Waals surface area (Å²) >= 11 is 1.53. The molecular formula is C23H29N5O3S. The Bertz CT molecular complexity index is 994. The van der Waals surface area contributed by atoms with Crippen molar-refractivity contribution in [1.82, 2.24) is 15.6 Å². The van der Waals surface area contributed by atoms with Crippen LogP contribution < -0.4 is 15.5 Å². The molecule has 9 heteroatoms. The van der Waals surface area contributed by atoms with E-state index >= 15 is 0 Å². The van der Waals surface area contributed by atoms with Gasteiger partial charge in [0.05, 0.1) is 11.3 Å². The summed E-state index contributed by atoms with van der Waals surface area (Å²) in [7, 11) is 0. The Kier molecular flexibility index (Phi) is 7.36.